The van der Waals surface area contributed by atoms with Crippen LogP contribution in [0.3, 0.4) is 0 Å². The Morgan fingerprint density at radius 1 is 1.40 bits per heavy atom. The summed E-state index contributed by atoms with van der Waals surface area (Å²) in [4.78, 5) is 17.4. The van der Waals surface area contributed by atoms with Crippen LogP contribution < -0.4 is 11.1 Å². The molecule has 7 heteroatoms. The molecule has 0 aromatic carbocycles. The second kappa shape index (κ2) is 8.82. The third kappa shape index (κ3) is 5.20. The minimum absolute atomic E-state index is 0. The Morgan fingerprint density at radius 3 is 2.60 bits per heavy atom. The summed E-state index contributed by atoms with van der Waals surface area (Å²) in [5, 5.41) is 4.03. The van der Waals surface area contributed by atoms with Gasteiger partial charge >= 0.3 is 0 Å². The van der Waals surface area contributed by atoms with Gasteiger partial charge in [-0.05, 0) is 32.6 Å². The topological polar surface area (TPSA) is 68.0 Å². The molecule has 1 aliphatic rings. The Balaban J connectivity index is 0.00000180. The molecule has 2 atom stereocenters. The average Bonchev–Trinajstić information content (AvgIpc) is 2.83. The number of amides is 1. The molecule has 0 spiro atoms. The van der Waals surface area contributed by atoms with Gasteiger partial charge in [-0.15, -0.1) is 36.2 Å². The fourth-order valence-electron chi connectivity index (χ4n) is 2.55. The van der Waals surface area contributed by atoms with E-state index in [0.717, 1.165) is 34.8 Å². The first kappa shape index (κ1) is 19.6. The molecule has 1 amide bonds. The van der Waals surface area contributed by atoms with Gasteiger partial charge in [0, 0.05) is 17.3 Å². The van der Waals surface area contributed by atoms with E-state index in [9.17, 15) is 4.79 Å². The summed E-state index contributed by atoms with van der Waals surface area (Å²) in [5.41, 5.74) is 7.00. The summed E-state index contributed by atoms with van der Waals surface area (Å²) in [7, 11) is 0. The zero-order valence-corrected chi connectivity index (χ0v) is 14.3. The van der Waals surface area contributed by atoms with Crippen LogP contribution in [-0.4, -0.2) is 16.9 Å². The molecule has 0 radical (unpaired) electrons. The zero-order valence-electron chi connectivity index (χ0n) is 11.8. The number of nitrogens with one attached hydrogen (secondary N) is 1. The Bertz CT molecular complexity index is 439. The maximum atomic E-state index is 11.9. The smallest absolute Gasteiger partial charge is 0.220 e. The molecule has 4 nitrogen and oxygen atoms in total. The van der Waals surface area contributed by atoms with Crippen molar-refractivity contribution >= 4 is 42.1 Å². The quantitative estimate of drug-likeness (QED) is 0.886. The molecule has 1 heterocycles. The maximum absolute atomic E-state index is 11.9. The molecule has 3 N–H and O–H groups in total. The number of aromatic nitrogens is 1. The minimum atomic E-state index is 0. The summed E-state index contributed by atoms with van der Waals surface area (Å²) in [6.45, 7) is 4.57. The first-order valence-corrected chi connectivity index (χ1v) is 7.33. The van der Waals surface area contributed by atoms with Gasteiger partial charge in [0.05, 0.1) is 17.2 Å². The molecule has 1 aliphatic carbocycles. The fraction of sp³-hybridized carbons (Fsp3) is 0.692. The fourth-order valence-corrected chi connectivity index (χ4v) is 3.42. The van der Waals surface area contributed by atoms with Crippen LogP contribution in [0.5, 0.6) is 0 Å². The van der Waals surface area contributed by atoms with E-state index in [1.165, 1.54) is 0 Å². The Labute approximate surface area is 136 Å². The normalized spacial score (nSPS) is 20.9. The zero-order chi connectivity index (χ0) is 13.1. The summed E-state index contributed by atoms with van der Waals surface area (Å²) in [5.74, 6) is 0.483. The van der Waals surface area contributed by atoms with Gasteiger partial charge in [-0.2, -0.15) is 0 Å². The standard InChI is InChI=1S/C13H21N3OS.2ClH/c1-8-12(18-9(2)16-8)7-15-13(17)6-10-4-3-5-11(10)14;;/h10-11H,3-7,14H2,1-2H3,(H,15,17);2*1H/t10-,11+;;/m0../s1. The molecule has 0 unspecified atom stereocenters. The number of hydrogen-bond donors (Lipinski definition) is 2. The van der Waals surface area contributed by atoms with Gasteiger partial charge in [-0.1, -0.05) is 6.42 Å². The Morgan fingerprint density at radius 2 is 2.10 bits per heavy atom. The highest BCUT2D eigenvalue weighted by atomic mass is 35.5. The SMILES string of the molecule is Cc1nc(C)c(CNC(=O)C[C@@H]2CCC[C@H]2N)s1.Cl.Cl. The Kier molecular flexibility index (Phi) is 8.66. The van der Waals surface area contributed by atoms with Crippen LogP contribution in [0.15, 0.2) is 0 Å². The van der Waals surface area contributed by atoms with E-state index in [4.69, 9.17) is 5.73 Å². The van der Waals surface area contributed by atoms with Crippen LogP contribution in [-0.2, 0) is 11.3 Å². The summed E-state index contributed by atoms with van der Waals surface area (Å²) < 4.78 is 0. The van der Waals surface area contributed by atoms with Crippen molar-refractivity contribution in [2.75, 3.05) is 0 Å². The molecule has 0 bridgehead atoms. The molecular weight excluding hydrogens is 317 g/mol. The predicted octanol–water partition coefficient (Wildman–Crippen LogP) is 2.74. The van der Waals surface area contributed by atoms with Gasteiger partial charge in [0.2, 0.25) is 5.91 Å². The Hall–Kier alpha value is -0.360. The highest BCUT2D eigenvalue weighted by Gasteiger charge is 2.25. The van der Waals surface area contributed by atoms with Gasteiger partial charge in [0.25, 0.3) is 0 Å². The third-order valence-corrected chi connectivity index (χ3v) is 4.68. The number of nitrogens with two attached hydrogens (primary N) is 1. The lowest BCUT2D eigenvalue weighted by Gasteiger charge is -2.14. The van der Waals surface area contributed by atoms with E-state index in [0.29, 0.717) is 18.9 Å². The molecule has 1 fully saturated rings. The summed E-state index contributed by atoms with van der Waals surface area (Å²) >= 11 is 1.65. The van der Waals surface area contributed by atoms with Gasteiger partial charge in [-0.25, -0.2) is 4.98 Å². The van der Waals surface area contributed by atoms with Crippen molar-refractivity contribution in [3.8, 4) is 0 Å². The van der Waals surface area contributed by atoms with Crippen LogP contribution in [0.2, 0.25) is 0 Å². The van der Waals surface area contributed by atoms with Gasteiger partial charge < -0.3 is 11.1 Å². The molecule has 0 saturated heterocycles. The molecule has 2 rings (SSSR count). The van der Waals surface area contributed by atoms with E-state index in [2.05, 4.69) is 10.3 Å². The van der Waals surface area contributed by atoms with Crippen LogP contribution in [0.4, 0.5) is 0 Å². The lowest BCUT2D eigenvalue weighted by atomic mass is 10.00. The van der Waals surface area contributed by atoms with E-state index in [-0.39, 0.29) is 36.8 Å². The molecule has 116 valence electrons. The van der Waals surface area contributed by atoms with Crippen molar-refractivity contribution in [2.24, 2.45) is 11.7 Å². The number of carbonyl (C=O) groups is 1. The highest BCUT2D eigenvalue weighted by molar-refractivity contribution is 7.11. The van der Waals surface area contributed by atoms with Crippen molar-refractivity contribution in [2.45, 2.75) is 52.1 Å². The van der Waals surface area contributed by atoms with Crippen LogP contribution >= 0.6 is 36.2 Å². The average molecular weight is 340 g/mol. The first-order valence-electron chi connectivity index (χ1n) is 6.51. The van der Waals surface area contributed by atoms with Crippen LogP contribution in [0.25, 0.3) is 0 Å². The van der Waals surface area contributed by atoms with E-state index in [1.54, 1.807) is 11.3 Å². The molecule has 1 saturated carbocycles. The molecule has 20 heavy (non-hydrogen) atoms. The summed E-state index contributed by atoms with van der Waals surface area (Å²) in [6.07, 6.45) is 3.88. The predicted molar refractivity (Wildman–Crippen MR) is 87.9 cm³/mol. The number of aryl methyl sites for hydroxylation is 2. The highest BCUT2D eigenvalue weighted by Crippen LogP contribution is 2.26. The summed E-state index contributed by atoms with van der Waals surface area (Å²) in [6, 6.07) is 0.211. The molecule has 1 aromatic heterocycles. The number of halogens is 2. The van der Waals surface area contributed by atoms with Crippen LogP contribution in [0.1, 0.15) is 41.3 Å². The minimum Gasteiger partial charge on any atom is -0.351 e. The number of hydrogen-bond acceptors (Lipinski definition) is 4. The lowest BCUT2D eigenvalue weighted by molar-refractivity contribution is -0.122. The van der Waals surface area contributed by atoms with Crippen molar-refractivity contribution in [3.05, 3.63) is 15.6 Å². The first-order chi connectivity index (χ1) is 8.56. The van der Waals surface area contributed by atoms with Crippen molar-refractivity contribution < 1.29 is 4.79 Å². The van der Waals surface area contributed by atoms with E-state index < -0.39 is 0 Å². The second-order valence-corrected chi connectivity index (χ2v) is 6.36. The van der Waals surface area contributed by atoms with Crippen molar-refractivity contribution in [1.29, 1.82) is 0 Å². The monoisotopic (exact) mass is 339 g/mol. The van der Waals surface area contributed by atoms with Crippen molar-refractivity contribution in [3.63, 3.8) is 0 Å². The molecule has 0 aliphatic heterocycles. The largest absolute Gasteiger partial charge is 0.351 e. The number of carbonyl (C=O) groups excluding carboxylic acids is 1. The van der Waals surface area contributed by atoms with E-state index in [1.807, 2.05) is 13.8 Å². The number of thiazole rings is 1. The van der Waals surface area contributed by atoms with Crippen LogP contribution in [0, 0.1) is 19.8 Å². The third-order valence-electron chi connectivity index (χ3n) is 3.61. The second-order valence-electron chi connectivity index (χ2n) is 5.08. The molecular formula is C13H23Cl2N3OS. The maximum Gasteiger partial charge on any atom is 0.220 e. The van der Waals surface area contributed by atoms with Gasteiger partial charge in [0.15, 0.2) is 0 Å². The molecule has 1 aromatic rings. The van der Waals surface area contributed by atoms with Gasteiger partial charge in [-0.3, -0.25) is 4.79 Å². The number of nitrogens with zero attached hydrogens (tertiary/aromatic N) is 1. The van der Waals surface area contributed by atoms with Crippen molar-refractivity contribution in [1.82, 2.24) is 10.3 Å². The lowest BCUT2D eigenvalue weighted by Crippen LogP contribution is -2.31. The number of rotatable bonds is 4. The van der Waals surface area contributed by atoms with E-state index >= 15 is 0 Å². The van der Waals surface area contributed by atoms with Gasteiger partial charge in [0.1, 0.15) is 0 Å².